The van der Waals surface area contributed by atoms with Crippen molar-refractivity contribution in [2.24, 2.45) is 0 Å². The van der Waals surface area contributed by atoms with Crippen molar-refractivity contribution in [3.8, 4) is 5.75 Å². The average molecular weight is 515 g/mol. The quantitative estimate of drug-likeness (QED) is 0.176. The zero-order valence-electron chi connectivity index (χ0n) is 25.9. The summed E-state index contributed by atoms with van der Waals surface area (Å²) in [4.78, 5) is 12.5. The van der Waals surface area contributed by atoms with Crippen molar-refractivity contribution in [2.45, 2.75) is 181 Å². The molecule has 214 valence electrons. The minimum Gasteiger partial charge on any atom is -0.507 e. The van der Waals surface area contributed by atoms with Crippen molar-refractivity contribution in [3.63, 3.8) is 0 Å². The number of rotatable bonds is 20. The summed E-state index contributed by atoms with van der Waals surface area (Å²) in [6.07, 6.45) is 23.8. The molecule has 2 nitrogen and oxygen atoms in total. The molecule has 0 atom stereocenters. The summed E-state index contributed by atoms with van der Waals surface area (Å²) >= 11 is 0. The zero-order chi connectivity index (χ0) is 27.7. The molecule has 1 N–H and O–H groups in total. The van der Waals surface area contributed by atoms with E-state index >= 15 is 0 Å². The lowest BCUT2D eigenvalue weighted by Gasteiger charge is -2.28. The standard InChI is InChI=1S/C35H62O2/c1-8-9-10-11-12-13-14-15-16-17-18-19-20-21-22-23-24-30(36)26-25-29-27-31(34(2,3)4)33(37)32(28-29)35(5,6)7/h27-28,37H,8-26H2,1-7H3. The predicted octanol–water partition coefficient (Wildman–Crippen LogP) is 11.1. The Morgan fingerprint density at radius 1 is 0.595 bits per heavy atom. The number of benzene rings is 1. The van der Waals surface area contributed by atoms with Gasteiger partial charge in [0.05, 0.1) is 0 Å². The highest BCUT2D eigenvalue weighted by Gasteiger charge is 2.26. The van der Waals surface area contributed by atoms with Gasteiger partial charge < -0.3 is 5.11 Å². The molecule has 0 bridgehead atoms. The Morgan fingerprint density at radius 3 is 1.30 bits per heavy atom. The third-order valence-electron chi connectivity index (χ3n) is 7.79. The van der Waals surface area contributed by atoms with Crippen LogP contribution in [0.2, 0.25) is 0 Å². The fourth-order valence-corrected chi connectivity index (χ4v) is 5.26. The van der Waals surface area contributed by atoms with Crippen LogP contribution in [0.4, 0.5) is 0 Å². The van der Waals surface area contributed by atoms with Gasteiger partial charge in [0.15, 0.2) is 0 Å². The third-order valence-corrected chi connectivity index (χ3v) is 7.79. The lowest BCUT2D eigenvalue weighted by molar-refractivity contribution is -0.119. The molecule has 1 aromatic rings. The molecule has 0 saturated heterocycles. The minimum absolute atomic E-state index is 0.127. The van der Waals surface area contributed by atoms with Crippen molar-refractivity contribution in [3.05, 3.63) is 28.8 Å². The second-order valence-electron chi connectivity index (χ2n) is 13.6. The van der Waals surface area contributed by atoms with Gasteiger partial charge in [0, 0.05) is 12.8 Å². The Morgan fingerprint density at radius 2 is 0.946 bits per heavy atom. The van der Waals surface area contributed by atoms with E-state index in [4.69, 9.17) is 0 Å². The highest BCUT2D eigenvalue weighted by molar-refractivity contribution is 5.78. The van der Waals surface area contributed by atoms with Gasteiger partial charge in [-0.1, -0.05) is 157 Å². The number of carbonyl (C=O) groups is 1. The van der Waals surface area contributed by atoms with E-state index in [0.717, 1.165) is 30.4 Å². The Kier molecular flexibility index (Phi) is 16.5. The molecule has 0 aliphatic heterocycles. The number of unbranched alkanes of at least 4 members (excludes halogenated alkanes) is 15. The zero-order valence-corrected chi connectivity index (χ0v) is 25.9. The van der Waals surface area contributed by atoms with E-state index in [1.54, 1.807) is 0 Å². The number of phenolic OH excluding ortho intramolecular Hbond substituents is 1. The molecule has 0 unspecified atom stereocenters. The minimum atomic E-state index is -0.127. The van der Waals surface area contributed by atoms with Gasteiger partial charge in [-0.05, 0) is 40.4 Å². The summed E-state index contributed by atoms with van der Waals surface area (Å²) < 4.78 is 0. The van der Waals surface area contributed by atoms with Crippen molar-refractivity contribution in [1.82, 2.24) is 0 Å². The monoisotopic (exact) mass is 514 g/mol. The Labute approximate surface area is 231 Å². The summed E-state index contributed by atoms with van der Waals surface area (Å²) in [6.45, 7) is 15.1. The fourth-order valence-electron chi connectivity index (χ4n) is 5.26. The van der Waals surface area contributed by atoms with Crippen LogP contribution in [0.5, 0.6) is 5.75 Å². The summed E-state index contributed by atoms with van der Waals surface area (Å²) in [5.74, 6) is 0.802. The van der Waals surface area contributed by atoms with Crippen LogP contribution in [0.1, 0.15) is 181 Å². The molecule has 0 saturated carbocycles. The third kappa shape index (κ3) is 15.0. The van der Waals surface area contributed by atoms with Gasteiger partial charge in [-0.25, -0.2) is 0 Å². The number of hydrogen-bond donors (Lipinski definition) is 1. The fraction of sp³-hybridized carbons (Fsp3) is 0.800. The number of carbonyl (C=O) groups excluding carboxylic acids is 1. The molecule has 0 aromatic heterocycles. The molecule has 37 heavy (non-hydrogen) atoms. The van der Waals surface area contributed by atoms with Gasteiger partial charge in [0.25, 0.3) is 0 Å². The molecule has 0 aliphatic carbocycles. The molecule has 0 fully saturated rings. The van der Waals surface area contributed by atoms with Crippen LogP contribution >= 0.6 is 0 Å². The Balaban J connectivity index is 2.17. The van der Waals surface area contributed by atoms with Crippen molar-refractivity contribution in [1.29, 1.82) is 0 Å². The van der Waals surface area contributed by atoms with Crippen LogP contribution < -0.4 is 0 Å². The van der Waals surface area contributed by atoms with E-state index in [9.17, 15) is 9.90 Å². The van der Waals surface area contributed by atoms with Crippen molar-refractivity contribution < 1.29 is 9.90 Å². The van der Waals surface area contributed by atoms with Gasteiger partial charge >= 0.3 is 0 Å². The number of Topliss-reactive ketones (excluding diaryl/α,β-unsaturated/α-hetero) is 1. The van der Waals surface area contributed by atoms with Gasteiger partial charge in [0.1, 0.15) is 11.5 Å². The Bertz CT molecular complexity index is 713. The van der Waals surface area contributed by atoms with Crippen LogP contribution in [-0.2, 0) is 22.0 Å². The van der Waals surface area contributed by atoms with E-state index in [2.05, 4.69) is 60.6 Å². The summed E-state index contributed by atoms with van der Waals surface area (Å²) in [5.41, 5.74) is 2.89. The number of phenols is 1. The van der Waals surface area contributed by atoms with Gasteiger partial charge in [0.2, 0.25) is 0 Å². The molecule has 1 aromatic carbocycles. The maximum atomic E-state index is 12.5. The molecule has 0 radical (unpaired) electrons. The van der Waals surface area contributed by atoms with Gasteiger partial charge in [-0.2, -0.15) is 0 Å². The molecular weight excluding hydrogens is 452 g/mol. The number of hydrogen-bond acceptors (Lipinski definition) is 2. The lowest BCUT2D eigenvalue weighted by atomic mass is 9.78. The van der Waals surface area contributed by atoms with Crippen LogP contribution in [0.15, 0.2) is 12.1 Å². The van der Waals surface area contributed by atoms with Gasteiger partial charge in [-0.15, -0.1) is 0 Å². The SMILES string of the molecule is CCCCCCCCCCCCCCCCCCC(=O)CCc1cc(C(C)(C)C)c(O)c(C(C)(C)C)c1. The molecule has 0 spiro atoms. The first-order valence-corrected chi connectivity index (χ1v) is 15.9. The second kappa shape index (κ2) is 18.1. The van der Waals surface area contributed by atoms with E-state index in [1.165, 1.54) is 102 Å². The van der Waals surface area contributed by atoms with Crippen LogP contribution in [0, 0.1) is 0 Å². The second-order valence-corrected chi connectivity index (χ2v) is 13.6. The van der Waals surface area contributed by atoms with Crippen molar-refractivity contribution in [2.75, 3.05) is 0 Å². The maximum Gasteiger partial charge on any atom is 0.133 e. The van der Waals surface area contributed by atoms with Crippen molar-refractivity contribution >= 4 is 5.78 Å². The van der Waals surface area contributed by atoms with E-state index < -0.39 is 0 Å². The Hall–Kier alpha value is -1.31. The van der Waals surface area contributed by atoms with Crippen LogP contribution in [-0.4, -0.2) is 10.9 Å². The molecule has 2 heteroatoms. The topological polar surface area (TPSA) is 37.3 Å². The highest BCUT2D eigenvalue weighted by Crippen LogP contribution is 2.40. The smallest absolute Gasteiger partial charge is 0.133 e. The molecule has 0 heterocycles. The predicted molar refractivity (Wildman–Crippen MR) is 163 cm³/mol. The molecule has 0 amide bonds. The van der Waals surface area contributed by atoms with E-state index in [1.807, 2.05) is 0 Å². The summed E-state index contributed by atoms with van der Waals surface area (Å²) in [5, 5.41) is 10.9. The van der Waals surface area contributed by atoms with Crippen LogP contribution in [0.3, 0.4) is 0 Å². The summed E-state index contributed by atoms with van der Waals surface area (Å²) in [7, 11) is 0. The number of aromatic hydroxyl groups is 1. The van der Waals surface area contributed by atoms with E-state index in [0.29, 0.717) is 18.0 Å². The first-order valence-electron chi connectivity index (χ1n) is 15.9. The number of ketones is 1. The van der Waals surface area contributed by atoms with Crippen LogP contribution in [0.25, 0.3) is 0 Å². The first kappa shape index (κ1) is 33.7. The number of aryl methyl sites for hydroxylation is 1. The molecule has 0 aliphatic rings. The largest absolute Gasteiger partial charge is 0.507 e. The maximum absolute atomic E-state index is 12.5. The lowest BCUT2D eigenvalue weighted by Crippen LogP contribution is -2.18. The summed E-state index contributed by atoms with van der Waals surface area (Å²) in [6, 6.07) is 4.24. The normalized spacial score (nSPS) is 12.3. The molecule has 1 rings (SSSR count). The average Bonchev–Trinajstić information content (AvgIpc) is 2.81. The first-order chi connectivity index (χ1) is 17.5. The highest BCUT2D eigenvalue weighted by atomic mass is 16.3. The van der Waals surface area contributed by atoms with Gasteiger partial charge in [-0.3, -0.25) is 4.79 Å². The van der Waals surface area contributed by atoms with E-state index in [-0.39, 0.29) is 10.8 Å². The molecular formula is C35H62O2.